The number of ether oxygens (including phenoxy) is 1. The second-order valence-electron chi connectivity index (χ2n) is 3.33. The van der Waals surface area contributed by atoms with Crippen LogP contribution in [0.15, 0.2) is 30.3 Å². The van der Waals surface area contributed by atoms with Crippen molar-refractivity contribution in [2.75, 3.05) is 6.61 Å². The molecule has 74 valence electrons. The van der Waals surface area contributed by atoms with Gasteiger partial charge >= 0.3 is 6.09 Å². The molecule has 14 heavy (non-hydrogen) atoms. The van der Waals surface area contributed by atoms with Crippen molar-refractivity contribution in [3.8, 4) is 0 Å². The molecule has 1 atom stereocenters. The van der Waals surface area contributed by atoms with Crippen LogP contribution in [0.3, 0.4) is 0 Å². The van der Waals surface area contributed by atoms with E-state index in [4.69, 9.17) is 10.6 Å². The highest BCUT2D eigenvalue weighted by Gasteiger charge is 2.30. The van der Waals surface area contributed by atoms with Gasteiger partial charge < -0.3 is 4.74 Å². The average Bonchev–Trinajstić information content (AvgIpc) is 2.52. The summed E-state index contributed by atoms with van der Waals surface area (Å²) >= 11 is 0. The molecule has 1 unspecified atom stereocenters. The average molecular weight is 192 g/mol. The van der Waals surface area contributed by atoms with Gasteiger partial charge in [-0.15, -0.1) is 0 Å². The van der Waals surface area contributed by atoms with Crippen LogP contribution in [0.4, 0.5) is 4.79 Å². The fourth-order valence-corrected chi connectivity index (χ4v) is 1.51. The second kappa shape index (κ2) is 3.67. The number of nitrogens with two attached hydrogens (primary N) is 1. The Morgan fingerprint density at radius 1 is 1.43 bits per heavy atom. The van der Waals surface area contributed by atoms with Crippen molar-refractivity contribution in [2.24, 2.45) is 5.84 Å². The number of carbonyl (C=O) groups is 1. The summed E-state index contributed by atoms with van der Waals surface area (Å²) in [6.45, 7) is 0.379. The van der Waals surface area contributed by atoms with Gasteiger partial charge in [-0.3, -0.25) is 0 Å². The molecule has 0 aliphatic carbocycles. The molecule has 2 rings (SSSR count). The first-order chi connectivity index (χ1) is 6.77. The van der Waals surface area contributed by atoms with E-state index < -0.39 is 6.09 Å². The minimum Gasteiger partial charge on any atom is -0.446 e. The van der Waals surface area contributed by atoms with Crippen molar-refractivity contribution in [3.63, 3.8) is 0 Å². The van der Waals surface area contributed by atoms with Gasteiger partial charge in [0, 0.05) is 0 Å². The van der Waals surface area contributed by atoms with Crippen LogP contribution in [0.2, 0.25) is 0 Å². The molecule has 4 nitrogen and oxygen atoms in total. The number of benzene rings is 1. The highest BCUT2D eigenvalue weighted by molar-refractivity contribution is 5.69. The van der Waals surface area contributed by atoms with Crippen molar-refractivity contribution >= 4 is 6.09 Å². The molecule has 1 aliphatic rings. The predicted molar refractivity (Wildman–Crippen MR) is 51.3 cm³/mol. The molecule has 0 saturated carbocycles. The van der Waals surface area contributed by atoms with E-state index in [1.54, 1.807) is 0 Å². The number of cyclic esters (lactones) is 1. The summed E-state index contributed by atoms with van der Waals surface area (Å²) in [6.07, 6.45) is 0.300. The van der Waals surface area contributed by atoms with Crippen molar-refractivity contribution in [1.82, 2.24) is 5.01 Å². The summed E-state index contributed by atoms with van der Waals surface area (Å²) in [5.41, 5.74) is 1.16. The van der Waals surface area contributed by atoms with Gasteiger partial charge in [0.05, 0.1) is 6.04 Å². The lowest BCUT2D eigenvalue weighted by atomic mass is 10.1. The molecule has 4 heteroatoms. The van der Waals surface area contributed by atoms with Crippen molar-refractivity contribution in [2.45, 2.75) is 12.5 Å². The highest BCUT2D eigenvalue weighted by Crippen LogP contribution is 2.13. The van der Waals surface area contributed by atoms with E-state index in [0.29, 0.717) is 6.61 Å². The highest BCUT2D eigenvalue weighted by atomic mass is 16.6. The SMILES string of the molecule is NN1C(=O)OCC1Cc1ccccc1. The quantitative estimate of drug-likeness (QED) is 0.560. The van der Waals surface area contributed by atoms with Gasteiger partial charge in [-0.2, -0.15) is 0 Å². The molecule has 1 aromatic carbocycles. The molecule has 1 heterocycles. The summed E-state index contributed by atoms with van der Waals surface area (Å²) in [5, 5.41) is 1.16. The molecule has 0 radical (unpaired) electrons. The molecular weight excluding hydrogens is 180 g/mol. The lowest BCUT2D eigenvalue weighted by Gasteiger charge is -2.14. The summed E-state index contributed by atoms with van der Waals surface area (Å²) in [6, 6.07) is 9.87. The van der Waals surface area contributed by atoms with Gasteiger partial charge in [0.1, 0.15) is 6.61 Å². The number of hydrogen-bond donors (Lipinski definition) is 1. The lowest BCUT2D eigenvalue weighted by Crippen LogP contribution is -2.40. The molecular formula is C10H12N2O2. The number of amides is 1. The summed E-state index contributed by atoms with van der Waals surface area (Å²) < 4.78 is 4.81. The summed E-state index contributed by atoms with van der Waals surface area (Å²) in [4.78, 5) is 11.0. The number of nitrogens with zero attached hydrogens (tertiary/aromatic N) is 1. The molecule has 1 aromatic rings. The van der Waals surface area contributed by atoms with E-state index >= 15 is 0 Å². The zero-order chi connectivity index (χ0) is 9.97. The minimum absolute atomic E-state index is 0.0371. The smallest absolute Gasteiger partial charge is 0.424 e. The Hall–Kier alpha value is -1.55. The third-order valence-electron chi connectivity index (χ3n) is 2.32. The molecule has 1 fully saturated rings. The maximum Gasteiger partial charge on any atom is 0.424 e. The van der Waals surface area contributed by atoms with Crippen LogP contribution in [0.5, 0.6) is 0 Å². The Kier molecular flexibility index (Phi) is 2.37. The molecule has 1 amide bonds. The van der Waals surface area contributed by atoms with E-state index in [9.17, 15) is 4.79 Å². The Morgan fingerprint density at radius 2 is 2.14 bits per heavy atom. The molecule has 0 spiro atoms. The molecule has 0 aromatic heterocycles. The van der Waals surface area contributed by atoms with Crippen LogP contribution < -0.4 is 5.84 Å². The van der Waals surface area contributed by atoms with Crippen LogP contribution in [0, 0.1) is 0 Å². The first kappa shape index (κ1) is 9.02. The standard InChI is InChI=1S/C10H12N2O2/c11-12-9(7-14-10(12)13)6-8-4-2-1-3-5-8/h1-5,9H,6-7,11H2. The minimum atomic E-state index is -0.439. The van der Waals surface area contributed by atoms with Gasteiger partial charge in [-0.25, -0.2) is 15.6 Å². The number of hydrazine groups is 1. The monoisotopic (exact) mass is 192 g/mol. The van der Waals surface area contributed by atoms with E-state index in [2.05, 4.69) is 0 Å². The largest absolute Gasteiger partial charge is 0.446 e. The normalized spacial score (nSPS) is 21.1. The van der Waals surface area contributed by atoms with Gasteiger partial charge in [0.2, 0.25) is 0 Å². The van der Waals surface area contributed by atoms with E-state index in [0.717, 1.165) is 17.0 Å². The number of carbonyl (C=O) groups excluding carboxylic acids is 1. The van der Waals surface area contributed by atoms with Crippen molar-refractivity contribution < 1.29 is 9.53 Å². The van der Waals surface area contributed by atoms with Gasteiger partial charge in [-0.05, 0) is 12.0 Å². The van der Waals surface area contributed by atoms with E-state index in [1.165, 1.54) is 0 Å². The molecule has 0 bridgehead atoms. The van der Waals surface area contributed by atoms with Gasteiger partial charge in [0.25, 0.3) is 0 Å². The van der Waals surface area contributed by atoms with Gasteiger partial charge in [0.15, 0.2) is 0 Å². The zero-order valence-corrected chi connectivity index (χ0v) is 7.72. The van der Waals surface area contributed by atoms with E-state index in [1.807, 2.05) is 30.3 Å². The summed E-state index contributed by atoms with van der Waals surface area (Å²) in [7, 11) is 0. The van der Waals surface area contributed by atoms with E-state index in [-0.39, 0.29) is 6.04 Å². The Morgan fingerprint density at radius 3 is 2.71 bits per heavy atom. The van der Waals surface area contributed by atoms with Crippen LogP contribution in [0.1, 0.15) is 5.56 Å². The Labute approximate surface area is 82.2 Å². The van der Waals surface area contributed by atoms with Crippen molar-refractivity contribution in [3.05, 3.63) is 35.9 Å². The second-order valence-corrected chi connectivity index (χ2v) is 3.33. The van der Waals surface area contributed by atoms with Crippen LogP contribution in [-0.4, -0.2) is 23.8 Å². The maximum atomic E-state index is 11.0. The van der Waals surface area contributed by atoms with Crippen LogP contribution >= 0.6 is 0 Å². The summed E-state index contributed by atoms with van der Waals surface area (Å²) in [5.74, 6) is 5.53. The lowest BCUT2D eigenvalue weighted by molar-refractivity contribution is 0.158. The van der Waals surface area contributed by atoms with Crippen LogP contribution in [0.25, 0.3) is 0 Å². The van der Waals surface area contributed by atoms with Gasteiger partial charge in [-0.1, -0.05) is 30.3 Å². The maximum absolute atomic E-state index is 11.0. The molecule has 1 saturated heterocycles. The fourth-order valence-electron chi connectivity index (χ4n) is 1.51. The topological polar surface area (TPSA) is 55.6 Å². The molecule has 2 N–H and O–H groups in total. The first-order valence-electron chi connectivity index (χ1n) is 4.52. The zero-order valence-electron chi connectivity index (χ0n) is 7.72. The number of hydrogen-bond acceptors (Lipinski definition) is 3. The van der Waals surface area contributed by atoms with Crippen LogP contribution in [-0.2, 0) is 11.2 Å². The Balaban J connectivity index is 2.02. The fraction of sp³-hybridized carbons (Fsp3) is 0.300. The number of rotatable bonds is 2. The van der Waals surface area contributed by atoms with Crippen molar-refractivity contribution in [1.29, 1.82) is 0 Å². The first-order valence-corrected chi connectivity index (χ1v) is 4.52. The molecule has 1 aliphatic heterocycles. The predicted octanol–water partition coefficient (Wildman–Crippen LogP) is 0.924. The third kappa shape index (κ3) is 1.70. The Bertz CT molecular complexity index is 326. The third-order valence-corrected chi connectivity index (χ3v) is 2.32.